The van der Waals surface area contributed by atoms with E-state index in [4.69, 9.17) is 15.2 Å². The smallest absolute Gasteiger partial charge is 0.161 e. The summed E-state index contributed by atoms with van der Waals surface area (Å²) >= 11 is 0. The van der Waals surface area contributed by atoms with Crippen LogP contribution in [0.1, 0.15) is 11.3 Å². The zero-order chi connectivity index (χ0) is 13.0. The van der Waals surface area contributed by atoms with Crippen molar-refractivity contribution < 1.29 is 9.47 Å². The molecule has 18 heavy (non-hydrogen) atoms. The van der Waals surface area contributed by atoms with Crippen molar-refractivity contribution in [3.8, 4) is 11.5 Å². The molecule has 1 heterocycles. The number of methoxy groups -OCH3 is 2. The van der Waals surface area contributed by atoms with Gasteiger partial charge < -0.3 is 15.2 Å². The second-order valence-electron chi connectivity index (χ2n) is 3.90. The van der Waals surface area contributed by atoms with Gasteiger partial charge in [-0.05, 0) is 23.8 Å². The van der Waals surface area contributed by atoms with Crippen LogP contribution in [-0.4, -0.2) is 24.0 Å². The first kappa shape index (κ1) is 12.4. The fraction of sp³-hybridized carbons (Fsp3) is 0.308. The highest BCUT2D eigenvalue weighted by Crippen LogP contribution is 2.27. The van der Waals surface area contributed by atoms with E-state index in [1.54, 1.807) is 14.2 Å². The van der Waals surface area contributed by atoms with Crippen molar-refractivity contribution in [1.29, 1.82) is 0 Å². The number of benzene rings is 1. The van der Waals surface area contributed by atoms with Crippen molar-refractivity contribution in [1.82, 2.24) is 9.78 Å². The maximum atomic E-state index is 5.53. The minimum absolute atomic E-state index is 0.457. The average molecular weight is 247 g/mol. The molecule has 2 aromatic rings. The van der Waals surface area contributed by atoms with Gasteiger partial charge in [0, 0.05) is 12.7 Å². The first-order chi connectivity index (χ1) is 8.76. The Morgan fingerprint density at radius 2 is 1.94 bits per heavy atom. The van der Waals surface area contributed by atoms with E-state index in [2.05, 4.69) is 5.10 Å². The number of hydrogen-bond donors (Lipinski definition) is 1. The summed E-state index contributed by atoms with van der Waals surface area (Å²) in [6, 6.07) is 7.75. The Labute approximate surface area is 106 Å². The summed E-state index contributed by atoms with van der Waals surface area (Å²) in [5, 5.41) is 4.34. The summed E-state index contributed by atoms with van der Waals surface area (Å²) in [5.41, 5.74) is 7.51. The third-order valence-electron chi connectivity index (χ3n) is 2.70. The van der Waals surface area contributed by atoms with Crippen molar-refractivity contribution >= 4 is 0 Å². The standard InChI is InChI=1S/C13H17N3O2/c1-17-12-4-3-10(7-13(12)18-2)9-16-6-5-11(8-14)15-16/h3-7H,8-9,14H2,1-2H3. The van der Waals surface area contributed by atoms with Gasteiger partial charge in [-0.2, -0.15) is 5.10 Å². The number of hydrogen-bond acceptors (Lipinski definition) is 4. The molecule has 0 saturated heterocycles. The van der Waals surface area contributed by atoms with E-state index in [9.17, 15) is 0 Å². The van der Waals surface area contributed by atoms with Crippen LogP contribution >= 0.6 is 0 Å². The molecule has 0 amide bonds. The van der Waals surface area contributed by atoms with Crippen LogP contribution in [-0.2, 0) is 13.1 Å². The Morgan fingerprint density at radius 3 is 2.56 bits per heavy atom. The minimum atomic E-state index is 0.457. The van der Waals surface area contributed by atoms with E-state index >= 15 is 0 Å². The number of nitrogens with zero attached hydrogens (tertiary/aromatic N) is 2. The van der Waals surface area contributed by atoms with Gasteiger partial charge in [0.2, 0.25) is 0 Å². The molecule has 96 valence electrons. The highest BCUT2D eigenvalue weighted by atomic mass is 16.5. The van der Waals surface area contributed by atoms with Gasteiger partial charge in [-0.25, -0.2) is 0 Å². The quantitative estimate of drug-likeness (QED) is 0.867. The summed E-state index contributed by atoms with van der Waals surface area (Å²) in [5.74, 6) is 1.45. The lowest BCUT2D eigenvalue weighted by atomic mass is 10.2. The molecule has 1 aromatic heterocycles. The van der Waals surface area contributed by atoms with Gasteiger partial charge in [-0.1, -0.05) is 6.07 Å². The van der Waals surface area contributed by atoms with E-state index in [1.165, 1.54) is 0 Å². The van der Waals surface area contributed by atoms with Gasteiger partial charge >= 0.3 is 0 Å². The topological polar surface area (TPSA) is 62.3 Å². The van der Waals surface area contributed by atoms with Gasteiger partial charge in [-0.3, -0.25) is 4.68 Å². The van der Waals surface area contributed by atoms with Gasteiger partial charge in [0.25, 0.3) is 0 Å². The number of rotatable bonds is 5. The van der Waals surface area contributed by atoms with E-state index in [1.807, 2.05) is 35.1 Å². The lowest BCUT2D eigenvalue weighted by molar-refractivity contribution is 0.354. The first-order valence-electron chi connectivity index (χ1n) is 5.70. The fourth-order valence-corrected chi connectivity index (χ4v) is 1.77. The van der Waals surface area contributed by atoms with Crippen LogP contribution < -0.4 is 15.2 Å². The highest BCUT2D eigenvalue weighted by molar-refractivity contribution is 5.42. The lowest BCUT2D eigenvalue weighted by Gasteiger charge is -2.09. The predicted molar refractivity (Wildman–Crippen MR) is 68.8 cm³/mol. The molecule has 2 rings (SSSR count). The molecule has 0 aliphatic carbocycles. The van der Waals surface area contributed by atoms with Crippen LogP contribution in [0.15, 0.2) is 30.5 Å². The zero-order valence-electron chi connectivity index (χ0n) is 10.6. The van der Waals surface area contributed by atoms with Gasteiger partial charge in [0.1, 0.15) is 0 Å². The molecule has 0 radical (unpaired) electrons. The normalized spacial score (nSPS) is 10.4. The molecule has 0 unspecified atom stereocenters. The average Bonchev–Trinajstić information content (AvgIpc) is 2.86. The molecule has 5 heteroatoms. The Bertz CT molecular complexity index is 523. The van der Waals surface area contributed by atoms with Crippen molar-refractivity contribution in [2.24, 2.45) is 5.73 Å². The molecule has 0 fully saturated rings. The molecule has 0 bridgehead atoms. The highest BCUT2D eigenvalue weighted by Gasteiger charge is 2.05. The third-order valence-corrected chi connectivity index (χ3v) is 2.70. The molecule has 0 aliphatic heterocycles. The Morgan fingerprint density at radius 1 is 1.17 bits per heavy atom. The molecule has 0 spiro atoms. The SMILES string of the molecule is COc1ccc(Cn2ccc(CN)n2)cc1OC. The maximum absolute atomic E-state index is 5.53. The van der Waals surface area contributed by atoms with Crippen molar-refractivity contribution in [3.05, 3.63) is 41.7 Å². The van der Waals surface area contributed by atoms with E-state index in [0.29, 0.717) is 13.1 Å². The second-order valence-corrected chi connectivity index (χ2v) is 3.90. The van der Waals surface area contributed by atoms with Crippen LogP contribution in [0.4, 0.5) is 0 Å². The van der Waals surface area contributed by atoms with E-state index in [-0.39, 0.29) is 0 Å². The second kappa shape index (κ2) is 5.55. The van der Waals surface area contributed by atoms with Crippen LogP contribution in [0.5, 0.6) is 11.5 Å². The predicted octanol–water partition coefficient (Wildman–Crippen LogP) is 1.41. The van der Waals surface area contributed by atoms with Crippen molar-refractivity contribution in [2.75, 3.05) is 14.2 Å². The number of nitrogens with two attached hydrogens (primary N) is 1. The van der Waals surface area contributed by atoms with E-state index < -0.39 is 0 Å². The minimum Gasteiger partial charge on any atom is -0.493 e. The van der Waals surface area contributed by atoms with Crippen LogP contribution in [0.25, 0.3) is 0 Å². The lowest BCUT2D eigenvalue weighted by Crippen LogP contribution is -2.03. The Hall–Kier alpha value is -2.01. The van der Waals surface area contributed by atoms with Gasteiger partial charge in [-0.15, -0.1) is 0 Å². The van der Waals surface area contributed by atoms with Crippen molar-refractivity contribution in [2.45, 2.75) is 13.1 Å². The Balaban J connectivity index is 2.18. The third kappa shape index (κ3) is 2.62. The summed E-state index contributed by atoms with van der Waals surface area (Å²) < 4.78 is 12.3. The fourth-order valence-electron chi connectivity index (χ4n) is 1.77. The molecular formula is C13H17N3O2. The van der Waals surface area contributed by atoms with Crippen molar-refractivity contribution in [3.63, 3.8) is 0 Å². The molecule has 5 nitrogen and oxygen atoms in total. The zero-order valence-corrected chi connectivity index (χ0v) is 10.6. The summed E-state index contributed by atoms with van der Waals surface area (Å²) in [6.45, 7) is 1.14. The van der Waals surface area contributed by atoms with Crippen LogP contribution in [0.2, 0.25) is 0 Å². The molecular weight excluding hydrogens is 230 g/mol. The van der Waals surface area contributed by atoms with Gasteiger partial charge in [0.15, 0.2) is 11.5 Å². The maximum Gasteiger partial charge on any atom is 0.161 e. The number of aromatic nitrogens is 2. The number of ether oxygens (including phenoxy) is 2. The van der Waals surface area contributed by atoms with Crippen LogP contribution in [0.3, 0.4) is 0 Å². The molecule has 0 saturated carbocycles. The summed E-state index contributed by atoms with van der Waals surface area (Å²) in [7, 11) is 3.25. The largest absolute Gasteiger partial charge is 0.493 e. The monoisotopic (exact) mass is 247 g/mol. The van der Waals surface area contributed by atoms with Gasteiger partial charge in [0.05, 0.1) is 26.5 Å². The first-order valence-corrected chi connectivity index (χ1v) is 5.70. The molecule has 2 N–H and O–H groups in total. The molecule has 0 atom stereocenters. The molecule has 1 aromatic carbocycles. The molecule has 0 aliphatic rings. The Kier molecular flexibility index (Phi) is 3.84. The van der Waals surface area contributed by atoms with E-state index in [0.717, 1.165) is 22.8 Å². The summed E-state index contributed by atoms with van der Waals surface area (Å²) in [4.78, 5) is 0. The summed E-state index contributed by atoms with van der Waals surface area (Å²) in [6.07, 6.45) is 1.92. The van der Waals surface area contributed by atoms with Crippen LogP contribution in [0, 0.1) is 0 Å².